The number of hydrogen-bond donors (Lipinski definition) is 2. The Bertz CT molecular complexity index is 618. The van der Waals surface area contributed by atoms with Crippen LogP contribution in [-0.2, 0) is 19.5 Å². The highest BCUT2D eigenvalue weighted by Gasteiger charge is 2.06. The van der Waals surface area contributed by atoms with Crippen LogP contribution in [0.15, 0.2) is 15.6 Å². The molecule has 23 heavy (non-hydrogen) atoms. The number of aliphatic imine (C=N–C) groups is 1. The second-order valence-electron chi connectivity index (χ2n) is 4.87. The number of rotatable bonds is 6. The fourth-order valence-electron chi connectivity index (χ4n) is 1.85. The topological polar surface area (TPSA) is 75.3 Å². The predicted molar refractivity (Wildman–Crippen MR) is 105 cm³/mol. The van der Waals surface area contributed by atoms with Crippen LogP contribution in [-0.4, -0.2) is 22.5 Å². The normalized spacial score (nSPS) is 11.2. The third-order valence-electron chi connectivity index (χ3n) is 3.15. The van der Waals surface area contributed by atoms with Crippen molar-refractivity contribution in [3.63, 3.8) is 0 Å². The van der Waals surface area contributed by atoms with Crippen molar-refractivity contribution in [2.45, 2.75) is 47.2 Å². The lowest BCUT2D eigenvalue weighted by molar-refractivity contribution is 0.473. The molecule has 0 aromatic carbocycles. The van der Waals surface area contributed by atoms with Crippen LogP contribution >= 0.6 is 35.3 Å². The van der Waals surface area contributed by atoms with Gasteiger partial charge in [0.25, 0.3) is 0 Å². The Kier molecular flexibility index (Phi) is 8.53. The van der Waals surface area contributed by atoms with Crippen LogP contribution in [0.5, 0.6) is 0 Å². The van der Waals surface area contributed by atoms with E-state index >= 15 is 0 Å². The molecule has 0 atom stereocenters. The van der Waals surface area contributed by atoms with Gasteiger partial charge in [0.05, 0.1) is 12.2 Å². The maximum Gasteiger partial charge on any atom is 0.216 e. The van der Waals surface area contributed by atoms with Gasteiger partial charge in [0.1, 0.15) is 17.3 Å². The van der Waals surface area contributed by atoms with Crippen LogP contribution in [0.4, 0.5) is 0 Å². The van der Waals surface area contributed by atoms with E-state index in [2.05, 4.69) is 32.5 Å². The zero-order valence-corrected chi connectivity index (χ0v) is 17.1. The molecular weight excluding hydrogens is 425 g/mol. The molecule has 0 spiro atoms. The molecule has 0 bridgehead atoms. The molecule has 0 saturated carbocycles. The third kappa shape index (κ3) is 6.09. The van der Waals surface area contributed by atoms with Crippen molar-refractivity contribution in [2.75, 3.05) is 6.54 Å². The quantitative estimate of drug-likeness (QED) is 0.403. The van der Waals surface area contributed by atoms with Gasteiger partial charge in [0.15, 0.2) is 5.96 Å². The summed E-state index contributed by atoms with van der Waals surface area (Å²) >= 11 is 1.73. The van der Waals surface area contributed by atoms with Gasteiger partial charge in [-0.1, -0.05) is 6.92 Å². The lowest BCUT2D eigenvalue weighted by Crippen LogP contribution is -2.36. The molecular formula is C15H24IN5OS. The number of nitrogens with zero attached hydrogens (tertiary/aromatic N) is 3. The van der Waals surface area contributed by atoms with Gasteiger partial charge in [-0.05, 0) is 27.2 Å². The number of halogens is 1. The maximum atomic E-state index is 5.54. The van der Waals surface area contributed by atoms with Crippen molar-refractivity contribution in [2.24, 2.45) is 4.99 Å². The predicted octanol–water partition coefficient (Wildman–Crippen LogP) is 3.18. The molecule has 2 heterocycles. The van der Waals surface area contributed by atoms with E-state index in [1.165, 1.54) is 4.88 Å². The zero-order valence-electron chi connectivity index (χ0n) is 14.0. The number of oxazole rings is 1. The standard InChI is InChI=1S/C15H23N5OS.HI/c1-5-12-7-17-14(22-12)9-19-15(16-6-2)18-8-13-20-10(3)11(4)21-13;/h7H,5-6,8-9H2,1-4H3,(H2,16,18,19);1H. The molecule has 0 unspecified atom stereocenters. The van der Waals surface area contributed by atoms with Gasteiger partial charge in [0, 0.05) is 17.6 Å². The Morgan fingerprint density at radius 2 is 2.09 bits per heavy atom. The number of aryl methyl sites for hydroxylation is 3. The van der Waals surface area contributed by atoms with Gasteiger partial charge in [-0.2, -0.15) is 0 Å². The first-order valence-corrected chi connectivity index (χ1v) is 8.32. The summed E-state index contributed by atoms with van der Waals surface area (Å²) in [6, 6.07) is 0. The fraction of sp³-hybridized carbons (Fsp3) is 0.533. The second-order valence-corrected chi connectivity index (χ2v) is 6.07. The SMILES string of the molecule is CCNC(=NCc1nc(C)c(C)o1)NCc1ncc(CC)s1.I. The first kappa shape index (κ1) is 19.9. The highest BCUT2D eigenvalue weighted by Crippen LogP contribution is 2.13. The van der Waals surface area contributed by atoms with E-state index < -0.39 is 0 Å². The highest BCUT2D eigenvalue weighted by molar-refractivity contribution is 14.0. The number of thiazole rings is 1. The third-order valence-corrected chi connectivity index (χ3v) is 4.29. The van der Waals surface area contributed by atoms with Crippen molar-refractivity contribution >= 4 is 41.3 Å². The Hall–Kier alpha value is -1.16. The first-order valence-electron chi connectivity index (χ1n) is 7.51. The van der Waals surface area contributed by atoms with Gasteiger partial charge in [-0.25, -0.2) is 15.0 Å². The van der Waals surface area contributed by atoms with E-state index in [0.29, 0.717) is 19.0 Å². The number of nitrogens with one attached hydrogen (secondary N) is 2. The molecule has 128 valence electrons. The van der Waals surface area contributed by atoms with Crippen LogP contribution in [0, 0.1) is 13.8 Å². The molecule has 0 saturated heterocycles. The summed E-state index contributed by atoms with van der Waals surface area (Å²) in [4.78, 5) is 14.5. The molecule has 0 fully saturated rings. The second kappa shape index (κ2) is 9.86. The fourth-order valence-corrected chi connectivity index (χ4v) is 2.65. The molecule has 0 radical (unpaired) electrons. The molecule has 8 heteroatoms. The Morgan fingerprint density at radius 1 is 1.30 bits per heavy atom. The molecule has 2 aromatic rings. The Balaban J connectivity index is 0.00000264. The summed E-state index contributed by atoms with van der Waals surface area (Å²) in [6.07, 6.45) is 2.96. The summed E-state index contributed by atoms with van der Waals surface area (Å²) in [5.74, 6) is 2.22. The van der Waals surface area contributed by atoms with Crippen LogP contribution < -0.4 is 10.6 Å². The average Bonchev–Trinajstić information content (AvgIpc) is 3.09. The van der Waals surface area contributed by atoms with Crippen LogP contribution in [0.2, 0.25) is 0 Å². The van der Waals surface area contributed by atoms with Gasteiger partial charge in [0.2, 0.25) is 5.89 Å². The van der Waals surface area contributed by atoms with E-state index in [-0.39, 0.29) is 24.0 Å². The molecule has 2 rings (SSSR count). The van der Waals surface area contributed by atoms with Crippen molar-refractivity contribution in [3.8, 4) is 0 Å². The van der Waals surface area contributed by atoms with Crippen molar-refractivity contribution < 1.29 is 4.42 Å². The highest BCUT2D eigenvalue weighted by atomic mass is 127. The van der Waals surface area contributed by atoms with Crippen LogP contribution in [0.3, 0.4) is 0 Å². The molecule has 0 aliphatic rings. The smallest absolute Gasteiger partial charge is 0.216 e. The molecule has 6 nitrogen and oxygen atoms in total. The summed E-state index contributed by atoms with van der Waals surface area (Å²) in [6.45, 7) is 9.90. The minimum Gasteiger partial charge on any atom is -0.444 e. The Morgan fingerprint density at radius 3 is 2.65 bits per heavy atom. The first-order chi connectivity index (χ1) is 10.6. The van der Waals surface area contributed by atoms with Gasteiger partial charge in [-0.3, -0.25) is 0 Å². The largest absolute Gasteiger partial charge is 0.444 e. The van der Waals surface area contributed by atoms with Crippen molar-refractivity contribution in [3.05, 3.63) is 33.4 Å². The summed E-state index contributed by atoms with van der Waals surface area (Å²) < 4.78 is 5.54. The van der Waals surface area contributed by atoms with E-state index in [1.807, 2.05) is 27.0 Å². The van der Waals surface area contributed by atoms with Crippen LogP contribution in [0.25, 0.3) is 0 Å². The lowest BCUT2D eigenvalue weighted by atomic mass is 10.4. The van der Waals surface area contributed by atoms with E-state index in [9.17, 15) is 0 Å². The van der Waals surface area contributed by atoms with Crippen molar-refractivity contribution in [1.29, 1.82) is 0 Å². The molecule has 0 amide bonds. The van der Waals surface area contributed by atoms with Crippen LogP contribution in [0.1, 0.15) is 41.1 Å². The molecule has 2 N–H and O–H groups in total. The molecule has 0 aliphatic carbocycles. The Labute approximate surface area is 158 Å². The zero-order chi connectivity index (χ0) is 15.9. The maximum absolute atomic E-state index is 5.54. The number of hydrogen-bond acceptors (Lipinski definition) is 5. The summed E-state index contributed by atoms with van der Waals surface area (Å²) in [5, 5.41) is 7.56. The minimum atomic E-state index is 0. The van der Waals surface area contributed by atoms with E-state index in [0.717, 1.165) is 35.4 Å². The van der Waals surface area contributed by atoms with Gasteiger partial charge in [-0.15, -0.1) is 35.3 Å². The van der Waals surface area contributed by atoms with Gasteiger partial charge >= 0.3 is 0 Å². The molecule has 2 aromatic heterocycles. The summed E-state index contributed by atoms with van der Waals surface area (Å²) in [7, 11) is 0. The molecule has 0 aliphatic heterocycles. The average molecular weight is 449 g/mol. The van der Waals surface area contributed by atoms with Crippen molar-refractivity contribution in [1.82, 2.24) is 20.6 Å². The van der Waals surface area contributed by atoms with Gasteiger partial charge < -0.3 is 15.1 Å². The number of aromatic nitrogens is 2. The summed E-state index contributed by atoms with van der Waals surface area (Å²) in [5.41, 5.74) is 0.915. The monoisotopic (exact) mass is 449 g/mol. The lowest BCUT2D eigenvalue weighted by Gasteiger charge is -2.09. The minimum absolute atomic E-state index is 0. The van der Waals surface area contributed by atoms with E-state index in [1.54, 1.807) is 11.3 Å². The number of guanidine groups is 1. The van der Waals surface area contributed by atoms with E-state index in [4.69, 9.17) is 4.42 Å².